The SMILES string of the molecule is Cc1nc(C)nc(-c2ccc3c(c2)c2cc(-c4nc(C)nc(C)n4)ccc2n3-c2ccc(-c3cc(-c4ccccc4)nc(-c4ccccc4)n3)cc2-c2cc(-c3ccccc3)nc(-c3ccccc3)n2)n1. The molecule has 0 N–H and O–H groups in total. The van der Waals surface area contributed by atoms with Gasteiger partial charge in [-0.2, -0.15) is 0 Å². The smallest absolute Gasteiger partial charge is 0.163 e. The minimum absolute atomic E-state index is 0.611. The van der Waals surface area contributed by atoms with Crippen molar-refractivity contribution in [3.05, 3.63) is 211 Å². The zero-order valence-corrected chi connectivity index (χ0v) is 39.3. The third-order valence-electron chi connectivity index (χ3n) is 12.5. The molecule has 12 rings (SSSR count). The van der Waals surface area contributed by atoms with E-state index >= 15 is 0 Å². The summed E-state index contributed by atoms with van der Waals surface area (Å²) in [7, 11) is 0. The quantitative estimate of drug-likeness (QED) is 0.138. The van der Waals surface area contributed by atoms with Crippen LogP contribution in [0.15, 0.2) is 188 Å². The van der Waals surface area contributed by atoms with E-state index in [1.165, 1.54) is 0 Å². The van der Waals surface area contributed by atoms with Crippen molar-refractivity contribution in [3.8, 4) is 96.3 Å². The first-order valence-electron chi connectivity index (χ1n) is 23.4. The molecule has 0 fully saturated rings. The van der Waals surface area contributed by atoms with Gasteiger partial charge in [0.15, 0.2) is 23.3 Å². The van der Waals surface area contributed by atoms with Crippen molar-refractivity contribution in [2.24, 2.45) is 0 Å². The molecule has 5 aromatic heterocycles. The topological polar surface area (TPSA) is 134 Å². The van der Waals surface area contributed by atoms with Gasteiger partial charge in [-0.3, -0.25) is 0 Å². The first kappa shape index (κ1) is 42.8. The molecule has 0 atom stereocenters. The van der Waals surface area contributed by atoms with Crippen molar-refractivity contribution in [1.29, 1.82) is 0 Å². The summed E-state index contributed by atoms with van der Waals surface area (Å²) < 4.78 is 2.32. The van der Waals surface area contributed by atoms with Crippen LogP contribution in [0, 0.1) is 27.7 Å². The summed E-state index contributed by atoms with van der Waals surface area (Å²) in [6.07, 6.45) is 0. The van der Waals surface area contributed by atoms with E-state index < -0.39 is 0 Å². The van der Waals surface area contributed by atoms with E-state index in [-0.39, 0.29) is 0 Å². The van der Waals surface area contributed by atoms with E-state index in [9.17, 15) is 0 Å². The highest BCUT2D eigenvalue weighted by Crippen LogP contribution is 2.41. The molecule has 5 heterocycles. The average molecular weight is 918 g/mol. The Bertz CT molecular complexity index is 3710. The van der Waals surface area contributed by atoms with Gasteiger partial charge in [0, 0.05) is 55.3 Å². The van der Waals surface area contributed by atoms with Crippen LogP contribution in [0.5, 0.6) is 0 Å². The van der Waals surface area contributed by atoms with Gasteiger partial charge in [0.1, 0.15) is 23.3 Å². The first-order chi connectivity index (χ1) is 34.8. The molecule has 0 amide bonds. The van der Waals surface area contributed by atoms with Crippen LogP contribution in [-0.2, 0) is 0 Å². The van der Waals surface area contributed by atoms with E-state index in [0.717, 1.165) is 94.8 Å². The van der Waals surface area contributed by atoms with E-state index in [1.54, 1.807) is 0 Å². The Kier molecular flexibility index (Phi) is 10.8. The predicted octanol–water partition coefficient (Wildman–Crippen LogP) is 13.3. The van der Waals surface area contributed by atoms with Crippen molar-refractivity contribution in [2.45, 2.75) is 27.7 Å². The van der Waals surface area contributed by atoms with Crippen molar-refractivity contribution in [3.63, 3.8) is 0 Å². The Hall–Kier alpha value is -9.48. The molecule has 0 unspecified atom stereocenters. The normalized spacial score (nSPS) is 11.4. The molecule has 0 aliphatic rings. The number of aryl methyl sites for hydroxylation is 4. The van der Waals surface area contributed by atoms with Gasteiger partial charge in [0.25, 0.3) is 0 Å². The van der Waals surface area contributed by atoms with Crippen LogP contribution in [0.25, 0.3) is 118 Å². The summed E-state index contributed by atoms with van der Waals surface area (Å²) in [4.78, 5) is 49.0. The monoisotopic (exact) mass is 917 g/mol. The number of fused-ring (bicyclic) bond motifs is 3. The molecule has 0 saturated carbocycles. The maximum atomic E-state index is 5.43. The molecule has 0 spiro atoms. The lowest BCUT2D eigenvalue weighted by Gasteiger charge is -2.17. The van der Waals surface area contributed by atoms with Gasteiger partial charge in [0.2, 0.25) is 0 Å². The highest BCUT2D eigenvalue weighted by Gasteiger charge is 2.22. The molecule has 12 aromatic rings. The highest BCUT2D eigenvalue weighted by atomic mass is 15.0. The third-order valence-corrected chi connectivity index (χ3v) is 12.5. The number of hydrogen-bond donors (Lipinski definition) is 0. The number of benzene rings is 7. The molecule has 0 aliphatic heterocycles. The zero-order valence-electron chi connectivity index (χ0n) is 39.3. The van der Waals surface area contributed by atoms with Gasteiger partial charge >= 0.3 is 0 Å². The summed E-state index contributed by atoms with van der Waals surface area (Å²) in [5, 5.41) is 2.00. The van der Waals surface area contributed by atoms with E-state index in [4.69, 9.17) is 39.9 Å². The van der Waals surface area contributed by atoms with E-state index in [0.29, 0.717) is 46.6 Å². The zero-order chi connectivity index (χ0) is 48.0. The van der Waals surface area contributed by atoms with Crippen molar-refractivity contribution < 1.29 is 0 Å². The summed E-state index contributed by atoms with van der Waals surface area (Å²) in [5.74, 6) is 5.11. The molecule has 0 saturated heterocycles. The van der Waals surface area contributed by atoms with Gasteiger partial charge in [-0.15, -0.1) is 0 Å². The lowest BCUT2D eigenvalue weighted by Crippen LogP contribution is -2.02. The van der Waals surface area contributed by atoms with Crippen LogP contribution in [0.1, 0.15) is 23.3 Å². The molecule has 338 valence electrons. The summed E-state index contributed by atoms with van der Waals surface area (Å²) in [5.41, 5.74) is 13.3. The lowest BCUT2D eigenvalue weighted by molar-refractivity contribution is 0.928. The Morgan fingerprint density at radius 1 is 0.268 bits per heavy atom. The van der Waals surface area contributed by atoms with Gasteiger partial charge < -0.3 is 4.57 Å². The summed E-state index contributed by atoms with van der Waals surface area (Å²) >= 11 is 0. The van der Waals surface area contributed by atoms with Crippen LogP contribution >= 0.6 is 0 Å². The fraction of sp³-hybridized carbons (Fsp3) is 0.0667. The van der Waals surface area contributed by atoms with Crippen LogP contribution < -0.4 is 0 Å². The van der Waals surface area contributed by atoms with Crippen molar-refractivity contribution in [2.75, 3.05) is 0 Å². The second-order valence-corrected chi connectivity index (χ2v) is 17.4. The number of nitrogens with zero attached hydrogens (tertiary/aromatic N) is 11. The Morgan fingerprint density at radius 2 is 0.620 bits per heavy atom. The molecule has 71 heavy (non-hydrogen) atoms. The second-order valence-electron chi connectivity index (χ2n) is 17.4. The molecule has 11 nitrogen and oxygen atoms in total. The van der Waals surface area contributed by atoms with Crippen LogP contribution in [0.4, 0.5) is 0 Å². The van der Waals surface area contributed by atoms with Crippen LogP contribution in [-0.4, -0.2) is 54.4 Å². The lowest BCUT2D eigenvalue weighted by atomic mass is 9.99. The summed E-state index contributed by atoms with van der Waals surface area (Å²) in [6, 6.07) is 64.3. The van der Waals surface area contributed by atoms with Crippen molar-refractivity contribution in [1.82, 2.24) is 54.4 Å². The first-order valence-corrected chi connectivity index (χ1v) is 23.4. The molecule has 0 radical (unpaired) electrons. The minimum Gasteiger partial charge on any atom is -0.309 e. The third kappa shape index (κ3) is 8.35. The van der Waals surface area contributed by atoms with E-state index in [2.05, 4.69) is 118 Å². The molecular weight excluding hydrogens is 875 g/mol. The Labute approximate surface area is 409 Å². The maximum Gasteiger partial charge on any atom is 0.163 e. The fourth-order valence-electron chi connectivity index (χ4n) is 9.27. The molecule has 0 aliphatic carbocycles. The maximum absolute atomic E-state index is 5.43. The van der Waals surface area contributed by atoms with E-state index in [1.807, 2.05) is 113 Å². The molecule has 0 bridgehead atoms. The van der Waals surface area contributed by atoms with Crippen molar-refractivity contribution >= 4 is 21.8 Å². The highest BCUT2D eigenvalue weighted by molar-refractivity contribution is 6.12. The molecule has 11 heteroatoms. The molecule has 7 aromatic carbocycles. The summed E-state index contributed by atoms with van der Waals surface area (Å²) in [6.45, 7) is 7.57. The largest absolute Gasteiger partial charge is 0.309 e. The van der Waals surface area contributed by atoms with Gasteiger partial charge in [-0.1, -0.05) is 127 Å². The van der Waals surface area contributed by atoms with Crippen LogP contribution in [0.2, 0.25) is 0 Å². The minimum atomic E-state index is 0.611. The predicted molar refractivity (Wildman–Crippen MR) is 281 cm³/mol. The van der Waals surface area contributed by atoms with Gasteiger partial charge in [-0.05, 0) is 88.4 Å². The Balaban J connectivity index is 1.15. The fourth-order valence-corrected chi connectivity index (χ4v) is 9.27. The standard InChI is InChI=1S/C60H43N11/c1-36-61-37(2)64-59(63-36)45-26-29-54-47(32-45)48-33-46(60-65-38(3)62-39(4)66-60)27-30-55(48)71(54)56-28-25-44(52-34-50(40-17-9-5-10-18-40)67-57(69-52)42-21-13-7-14-22-42)31-49(56)53-35-51(41-19-11-6-12-20-41)68-58(70-53)43-23-15-8-16-24-43/h5-35H,1-4H3. The number of hydrogen-bond acceptors (Lipinski definition) is 10. The molecular formula is C60H43N11. The average Bonchev–Trinajstić information content (AvgIpc) is 3.73. The van der Waals surface area contributed by atoms with Gasteiger partial charge in [-0.25, -0.2) is 49.8 Å². The number of aromatic nitrogens is 11. The van der Waals surface area contributed by atoms with Gasteiger partial charge in [0.05, 0.1) is 39.5 Å². The van der Waals surface area contributed by atoms with Crippen LogP contribution in [0.3, 0.4) is 0 Å². The number of rotatable bonds is 9. The second kappa shape index (κ2) is 17.9. The Morgan fingerprint density at radius 3 is 1.06 bits per heavy atom.